The first-order valence-corrected chi connectivity index (χ1v) is 7.05. The maximum atomic E-state index is 11.0. The van der Waals surface area contributed by atoms with Crippen LogP contribution in [0.3, 0.4) is 0 Å². The number of aromatic nitrogens is 4. The summed E-state index contributed by atoms with van der Waals surface area (Å²) in [5.41, 5.74) is 1.59. The summed E-state index contributed by atoms with van der Waals surface area (Å²) in [5, 5.41) is 14.4. The zero-order valence-electron chi connectivity index (χ0n) is 12.5. The number of carbonyl (C=O) groups is 1. The van der Waals surface area contributed by atoms with Crippen LogP contribution in [0, 0.1) is 0 Å². The lowest BCUT2D eigenvalue weighted by molar-refractivity contribution is -0.114. The highest BCUT2D eigenvalue weighted by atomic mass is 16.5. The van der Waals surface area contributed by atoms with E-state index in [1.807, 2.05) is 30.3 Å². The molecule has 116 valence electrons. The van der Waals surface area contributed by atoms with Crippen molar-refractivity contribution in [3.8, 4) is 11.4 Å². The number of carbonyl (C=O) groups excluding carboxylic acids is 1. The van der Waals surface area contributed by atoms with Crippen LogP contribution in [0.2, 0.25) is 0 Å². The predicted octanol–water partition coefficient (Wildman–Crippen LogP) is 2.20. The molecule has 7 nitrogen and oxygen atoms in total. The fraction of sp³-hybridized carbons (Fsp3) is 0.125. The van der Waals surface area contributed by atoms with E-state index < -0.39 is 0 Å². The second-order valence-electron chi connectivity index (χ2n) is 4.84. The molecule has 0 bridgehead atoms. The molecule has 0 saturated heterocycles. The van der Waals surface area contributed by atoms with Gasteiger partial charge in [0, 0.05) is 12.6 Å². The largest absolute Gasteiger partial charge is 0.486 e. The van der Waals surface area contributed by atoms with Crippen LogP contribution in [0.25, 0.3) is 5.69 Å². The smallest absolute Gasteiger partial charge is 0.221 e. The van der Waals surface area contributed by atoms with Gasteiger partial charge in [0.1, 0.15) is 12.4 Å². The van der Waals surface area contributed by atoms with Gasteiger partial charge in [0.2, 0.25) is 5.91 Å². The van der Waals surface area contributed by atoms with E-state index in [0.29, 0.717) is 11.6 Å². The maximum absolute atomic E-state index is 11.0. The second-order valence-corrected chi connectivity index (χ2v) is 4.84. The van der Waals surface area contributed by atoms with Gasteiger partial charge in [-0.1, -0.05) is 18.2 Å². The standard InChI is InChI=1S/C16H15N5O2/c1-12(22)17-13-7-9-15(10-8-13)23-11-16-18-19-20-21(16)14-5-3-2-4-6-14/h2-10H,11H2,1H3,(H,17,22). The fourth-order valence-corrected chi connectivity index (χ4v) is 2.05. The lowest BCUT2D eigenvalue weighted by atomic mass is 10.3. The Labute approximate surface area is 132 Å². The molecule has 0 aliphatic rings. The van der Waals surface area contributed by atoms with Crippen LogP contribution in [0.15, 0.2) is 54.6 Å². The molecular weight excluding hydrogens is 294 g/mol. The van der Waals surface area contributed by atoms with E-state index in [1.165, 1.54) is 6.92 Å². The zero-order chi connectivity index (χ0) is 16.1. The van der Waals surface area contributed by atoms with Gasteiger partial charge in [0.05, 0.1) is 5.69 Å². The van der Waals surface area contributed by atoms with Gasteiger partial charge >= 0.3 is 0 Å². The number of ether oxygens (including phenoxy) is 1. The number of rotatable bonds is 5. The summed E-state index contributed by atoms with van der Waals surface area (Å²) in [5.74, 6) is 1.16. The van der Waals surface area contributed by atoms with Crippen molar-refractivity contribution in [3.05, 3.63) is 60.4 Å². The minimum atomic E-state index is -0.110. The average molecular weight is 309 g/mol. The summed E-state index contributed by atoms with van der Waals surface area (Å²) in [7, 11) is 0. The Balaban J connectivity index is 1.67. The van der Waals surface area contributed by atoms with Crippen LogP contribution in [-0.4, -0.2) is 26.1 Å². The molecule has 3 aromatic rings. The summed E-state index contributed by atoms with van der Waals surface area (Å²) in [6, 6.07) is 16.7. The topological polar surface area (TPSA) is 81.9 Å². The Hall–Kier alpha value is -3.22. The molecule has 1 heterocycles. The van der Waals surface area contributed by atoms with Crippen molar-refractivity contribution in [1.82, 2.24) is 20.2 Å². The first kappa shape index (κ1) is 14.7. The van der Waals surface area contributed by atoms with E-state index in [9.17, 15) is 4.79 Å². The second kappa shape index (κ2) is 6.69. The number of nitrogens with zero attached hydrogens (tertiary/aromatic N) is 4. The summed E-state index contributed by atoms with van der Waals surface area (Å²) in [6.45, 7) is 1.70. The van der Waals surface area contributed by atoms with Gasteiger partial charge in [-0.2, -0.15) is 4.68 Å². The lowest BCUT2D eigenvalue weighted by Crippen LogP contribution is -2.07. The third kappa shape index (κ3) is 3.70. The quantitative estimate of drug-likeness (QED) is 0.781. The Kier molecular flexibility index (Phi) is 4.28. The molecular formula is C16H15N5O2. The van der Waals surface area contributed by atoms with Gasteiger partial charge in [0.15, 0.2) is 5.82 Å². The number of benzene rings is 2. The Morgan fingerprint density at radius 2 is 1.87 bits per heavy atom. The number of hydrogen-bond acceptors (Lipinski definition) is 5. The average Bonchev–Trinajstić information content (AvgIpc) is 3.03. The van der Waals surface area contributed by atoms with Gasteiger partial charge in [-0.3, -0.25) is 4.79 Å². The molecule has 1 aromatic heterocycles. The van der Waals surface area contributed by atoms with Crippen molar-refractivity contribution in [2.75, 3.05) is 5.32 Å². The van der Waals surface area contributed by atoms with Crippen LogP contribution in [0.4, 0.5) is 5.69 Å². The molecule has 0 radical (unpaired) electrons. The summed E-state index contributed by atoms with van der Waals surface area (Å²) < 4.78 is 7.33. The van der Waals surface area contributed by atoms with Crippen LogP contribution < -0.4 is 10.1 Å². The van der Waals surface area contributed by atoms with E-state index in [-0.39, 0.29) is 12.5 Å². The van der Waals surface area contributed by atoms with Crippen molar-refractivity contribution < 1.29 is 9.53 Å². The number of anilines is 1. The first-order valence-electron chi connectivity index (χ1n) is 7.05. The van der Waals surface area contributed by atoms with Crippen molar-refractivity contribution >= 4 is 11.6 Å². The summed E-state index contributed by atoms with van der Waals surface area (Å²) in [4.78, 5) is 11.0. The maximum Gasteiger partial charge on any atom is 0.221 e. The molecule has 0 spiro atoms. The fourth-order valence-electron chi connectivity index (χ4n) is 2.05. The minimum Gasteiger partial charge on any atom is -0.486 e. The molecule has 2 aromatic carbocycles. The van der Waals surface area contributed by atoms with E-state index in [2.05, 4.69) is 20.8 Å². The van der Waals surface area contributed by atoms with Crippen molar-refractivity contribution in [2.24, 2.45) is 0 Å². The van der Waals surface area contributed by atoms with Gasteiger partial charge in [0.25, 0.3) is 0 Å². The van der Waals surface area contributed by atoms with Crippen LogP contribution >= 0.6 is 0 Å². The van der Waals surface area contributed by atoms with Gasteiger partial charge < -0.3 is 10.1 Å². The number of amides is 1. The van der Waals surface area contributed by atoms with Gasteiger partial charge in [-0.25, -0.2) is 0 Å². The summed E-state index contributed by atoms with van der Waals surface area (Å²) >= 11 is 0. The molecule has 0 atom stereocenters. The predicted molar refractivity (Wildman–Crippen MR) is 84.2 cm³/mol. The molecule has 0 unspecified atom stereocenters. The van der Waals surface area contributed by atoms with E-state index in [0.717, 1.165) is 11.4 Å². The third-order valence-corrected chi connectivity index (χ3v) is 3.08. The number of nitrogens with one attached hydrogen (secondary N) is 1. The Morgan fingerprint density at radius 1 is 1.13 bits per heavy atom. The highest BCUT2D eigenvalue weighted by Crippen LogP contribution is 2.17. The van der Waals surface area contributed by atoms with Gasteiger partial charge in [-0.15, -0.1) is 5.10 Å². The zero-order valence-corrected chi connectivity index (χ0v) is 12.5. The Morgan fingerprint density at radius 3 is 2.57 bits per heavy atom. The number of hydrogen-bond donors (Lipinski definition) is 1. The SMILES string of the molecule is CC(=O)Nc1ccc(OCc2nnnn2-c2ccccc2)cc1. The van der Waals surface area contributed by atoms with E-state index >= 15 is 0 Å². The van der Waals surface area contributed by atoms with E-state index in [1.54, 1.807) is 28.9 Å². The lowest BCUT2D eigenvalue weighted by Gasteiger charge is -2.08. The number of tetrazole rings is 1. The van der Waals surface area contributed by atoms with Crippen molar-refractivity contribution in [3.63, 3.8) is 0 Å². The molecule has 0 fully saturated rings. The Bertz CT molecular complexity index is 784. The van der Waals surface area contributed by atoms with Gasteiger partial charge in [-0.05, 0) is 46.8 Å². The van der Waals surface area contributed by atoms with Crippen molar-refractivity contribution in [2.45, 2.75) is 13.5 Å². The van der Waals surface area contributed by atoms with Crippen LogP contribution in [-0.2, 0) is 11.4 Å². The molecule has 0 aliphatic carbocycles. The third-order valence-electron chi connectivity index (χ3n) is 3.08. The molecule has 3 rings (SSSR count). The summed E-state index contributed by atoms with van der Waals surface area (Å²) in [6.07, 6.45) is 0. The monoisotopic (exact) mass is 309 g/mol. The van der Waals surface area contributed by atoms with Crippen LogP contribution in [0.5, 0.6) is 5.75 Å². The number of para-hydroxylation sites is 1. The molecule has 23 heavy (non-hydrogen) atoms. The van der Waals surface area contributed by atoms with E-state index in [4.69, 9.17) is 4.74 Å². The normalized spacial score (nSPS) is 10.3. The molecule has 0 aliphatic heterocycles. The molecule has 0 saturated carbocycles. The highest BCUT2D eigenvalue weighted by molar-refractivity contribution is 5.88. The highest BCUT2D eigenvalue weighted by Gasteiger charge is 2.08. The first-order chi connectivity index (χ1) is 11.2. The minimum absolute atomic E-state index is 0.110. The van der Waals surface area contributed by atoms with Crippen molar-refractivity contribution in [1.29, 1.82) is 0 Å². The molecule has 1 amide bonds. The van der Waals surface area contributed by atoms with Crippen LogP contribution in [0.1, 0.15) is 12.7 Å². The molecule has 1 N–H and O–H groups in total. The molecule has 7 heteroatoms.